The third-order valence-electron chi connectivity index (χ3n) is 1.97. The molecule has 0 aliphatic carbocycles. The van der Waals surface area contributed by atoms with Crippen molar-refractivity contribution < 1.29 is 6.22 Å². The molecule has 3 nitrogen and oxygen atoms in total. The van der Waals surface area contributed by atoms with E-state index in [1.165, 1.54) is 0 Å². The topological polar surface area (TPSA) is 56.0 Å². The van der Waals surface area contributed by atoms with Gasteiger partial charge in [-0.15, -0.1) is 0 Å². The summed E-state index contributed by atoms with van der Waals surface area (Å²) >= 11 is 0. The zero-order valence-electron chi connectivity index (χ0n) is 9.73. The molecule has 0 aliphatic rings. The van der Waals surface area contributed by atoms with Crippen LogP contribution in [-0.2, 0) is 11.2 Å². The van der Waals surface area contributed by atoms with Crippen molar-refractivity contribution in [3.05, 3.63) is 30.1 Å². The molecule has 0 saturated heterocycles. The van der Waals surface area contributed by atoms with Crippen LogP contribution >= 0.6 is 0 Å². The molecule has 1 atom stereocenters. The molecule has 0 amide bonds. The number of carbonyl (C=O) groups is 1. The van der Waals surface area contributed by atoms with E-state index in [2.05, 4.69) is 4.98 Å². The predicted molar refractivity (Wildman–Crippen MR) is 64.7 cm³/mol. The summed E-state index contributed by atoms with van der Waals surface area (Å²) in [7, 11) is 0. The van der Waals surface area contributed by atoms with Crippen molar-refractivity contribution in [1.82, 2.24) is 4.98 Å². The second-order valence-corrected chi connectivity index (χ2v) is 2.99. The molecule has 0 fully saturated rings. The van der Waals surface area contributed by atoms with E-state index in [4.69, 9.17) is 5.73 Å². The van der Waals surface area contributed by atoms with Crippen LogP contribution in [0.4, 0.5) is 0 Å². The average molecular weight is 210 g/mol. The first kappa shape index (κ1) is 13.8. The quantitative estimate of drug-likeness (QED) is 0.829. The molecule has 0 spiro atoms. The molecular formula is C12H22N2O. The van der Waals surface area contributed by atoms with Crippen LogP contribution in [0.25, 0.3) is 0 Å². The highest BCUT2D eigenvalue weighted by atomic mass is 16.1. The van der Waals surface area contributed by atoms with E-state index in [0.717, 1.165) is 5.56 Å². The van der Waals surface area contributed by atoms with Gasteiger partial charge < -0.3 is 5.73 Å². The van der Waals surface area contributed by atoms with Crippen molar-refractivity contribution in [1.29, 1.82) is 0 Å². The lowest BCUT2D eigenvalue weighted by atomic mass is 10.0. The van der Waals surface area contributed by atoms with E-state index in [9.17, 15) is 4.79 Å². The largest absolute Gasteiger partial charge is 0.321 e. The summed E-state index contributed by atoms with van der Waals surface area (Å²) < 4.78 is 0. The standard InChI is InChI=1S/C10H14N2O.C2H6.H2/c1-2-10(13)9(11)7-8-3-5-12-6-4-8;1-2;/h3-6,9H,2,7,11H2,1H3;1-2H3;1H/t9-;;/m0../s1. The highest BCUT2D eigenvalue weighted by molar-refractivity contribution is 5.83. The first-order chi connectivity index (χ1) is 7.24. The Morgan fingerprint density at radius 2 is 2.00 bits per heavy atom. The highest BCUT2D eigenvalue weighted by Gasteiger charge is 2.10. The van der Waals surface area contributed by atoms with Gasteiger partial charge in [0.25, 0.3) is 0 Å². The van der Waals surface area contributed by atoms with Crippen molar-refractivity contribution in [2.45, 2.75) is 39.7 Å². The van der Waals surface area contributed by atoms with E-state index < -0.39 is 0 Å². The van der Waals surface area contributed by atoms with Crippen molar-refractivity contribution in [2.24, 2.45) is 5.73 Å². The third kappa shape index (κ3) is 5.27. The zero-order chi connectivity index (χ0) is 11.7. The number of aromatic nitrogens is 1. The van der Waals surface area contributed by atoms with Gasteiger partial charge in [0.05, 0.1) is 6.04 Å². The zero-order valence-corrected chi connectivity index (χ0v) is 9.73. The molecule has 0 bridgehead atoms. The minimum Gasteiger partial charge on any atom is -0.321 e. The molecule has 1 heterocycles. The second-order valence-electron chi connectivity index (χ2n) is 2.99. The molecule has 0 unspecified atom stereocenters. The molecule has 1 aromatic heterocycles. The number of nitrogens with zero attached hydrogens (tertiary/aromatic N) is 1. The Bertz CT molecular complexity index is 278. The molecule has 1 rings (SSSR count). The summed E-state index contributed by atoms with van der Waals surface area (Å²) in [5.74, 6) is 0.108. The molecule has 15 heavy (non-hydrogen) atoms. The molecule has 0 radical (unpaired) electrons. The van der Waals surface area contributed by atoms with Crippen molar-refractivity contribution >= 4 is 5.78 Å². The Hall–Kier alpha value is -1.22. The first-order valence-electron chi connectivity index (χ1n) is 5.41. The number of nitrogens with two attached hydrogens (primary N) is 1. The van der Waals surface area contributed by atoms with E-state index in [1.807, 2.05) is 32.9 Å². The number of Topliss-reactive ketones (excluding diaryl/α,β-unsaturated/α-hetero) is 1. The minimum absolute atomic E-state index is 0. The van der Waals surface area contributed by atoms with Crippen LogP contribution in [0.5, 0.6) is 0 Å². The van der Waals surface area contributed by atoms with Crippen LogP contribution in [0, 0.1) is 0 Å². The summed E-state index contributed by atoms with van der Waals surface area (Å²) in [6, 6.07) is 3.39. The average Bonchev–Trinajstić information content (AvgIpc) is 2.32. The van der Waals surface area contributed by atoms with Crippen molar-refractivity contribution in [2.75, 3.05) is 0 Å². The van der Waals surface area contributed by atoms with Crippen LogP contribution < -0.4 is 5.73 Å². The van der Waals surface area contributed by atoms with Gasteiger partial charge in [-0.1, -0.05) is 20.8 Å². The fraction of sp³-hybridized carbons (Fsp3) is 0.500. The summed E-state index contributed by atoms with van der Waals surface area (Å²) in [6.45, 7) is 5.83. The number of pyridine rings is 1. The van der Waals surface area contributed by atoms with E-state index in [0.29, 0.717) is 12.8 Å². The van der Waals surface area contributed by atoms with Gasteiger partial charge >= 0.3 is 0 Å². The number of carbonyl (C=O) groups excluding carboxylic acids is 1. The maximum absolute atomic E-state index is 11.2. The Morgan fingerprint density at radius 1 is 1.47 bits per heavy atom. The predicted octanol–water partition coefficient (Wildman–Crippen LogP) is 2.20. The van der Waals surface area contributed by atoms with Gasteiger partial charge in [-0.2, -0.15) is 0 Å². The Kier molecular flexibility index (Phi) is 7.46. The smallest absolute Gasteiger partial charge is 0.149 e. The first-order valence-corrected chi connectivity index (χ1v) is 5.41. The summed E-state index contributed by atoms with van der Waals surface area (Å²) in [6.07, 6.45) is 4.53. The highest BCUT2D eigenvalue weighted by Crippen LogP contribution is 2.01. The van der Waals surface area contributed by atoms with Gasteiger partial charge in [0.2, 0.25) is 0 Å². The molecule has 0 saturated carbocycles. The number of hydrogen-bond donors (Lipinski definition) is 1. The fourth-order valence-corrected chi connectivity index (χ4v) is 1.15. The van der Waals surface area contributed by atoms with Gasteiger partial charge in [0, 0.05) is 20.2 Å². The molecule has 2 N–H and O–H groups in total. The Labute approximate surface area is 93.2 Å². The summed E-state index contributed by atoms with van der Waals surface area (Å²) in [4.78, 5) is 15.1. The third-order valence-corrected chi connectivity index (χ3v) is 1.97. The molecular weight excluding hydrogens is 188 g/mol. The minimum atomic E-state index is -0.368. The lowest BCUT2D eigenvalue weighted by Crippen LogP contribution is -2.32. The fourth-order valence-electron chi connectivity index (χ4n) is 1.15. The van der Waals surface area contributed by atoms with E-state index >= 15 is 0 Å². The van der Waals surface area contributed by atoms with Gasteiger partial charge in [0.1, 0.15) is 5.78 Å². The van der Waals surface area contributed by atoms with E-state index in [1.54, 1.807) is 12.4 Å². The van der Waals surface area contributed by atoms with Gasteiger partial charge in [0.15, 0.2) is 0 Å². The normalized spacial score (nSPS) is 11.2. The number of hydrogen-bond acceptors (Lipinski definition) is 3. The maximum atomic E-state index is 11.2. The molecule has 3 heteroatoms. The summed E-state index contributed by atoms with van der Waals surface area (Å²) in [5, 5.41) is 0. The molecule has 0 aromatic carbocycles. The Morgan fingerprint density at radius 3 is 2.47 bits per heavy atom. The van der Waals surface area contributed by atoms with Crippen LogP contribution in [0.15, 0.2) is 24.5 Å². The second kappa shape index (κ2) is 8.12. The number of ketones is 1. The number of rotatable bonds is 4. The van der Waals surface area contributed by atoms with Crippen molar-refractivity contribution in [3.63, 3.8) is 0 Å². The monoisotopic (exact) mass is 210 g/mol. The van der Waals surface area contributed by atoms with Gasteiger partial charge in [-0.05, 0) is 24.1 Å². The lowest BCUT2D eigenvalue weighted by Gasteiger charge is -2.08. The van der Waals surface area contributed by atoms with Gasteiger partial charge in [-0.25, -0.2) is 0 Å². The van der Waals surface area contributed by atoms with Gasteiger partial charge in [-0.3, -0.25) is 9.78 Å². The lowest BCUT2D eigenvalue weighted by molar-refractivity contribution is -0.119. The SMILES string of the molecule is CC.CCC(=O)[C@@H](N)Cc1ccncc1.[HH]. The molecule has 1 aromatic rings. The van der Waals surface area contributed by atoms with Crippen LogP contribution in [-0.4, -0.2) is 16.8 Å². The van der Waals surface area contributed by atoms with Crippen LogP contribution in [0.1, 0.15) is 34.2 Å². The van der Waals surface area contributed by atoms with Crippen LogP contribution in [0.2, 0.25) is 0 Å². The Balaban J connectivity index is 0. The summed E-state index contributed by atoms with van der Waals surface area (Å²) in [5.41, 5.74) is 6.75. The van der Waals surface area contributed by atoms with E-state index in [-0.39, 0.29) is 13.3 Å². The maximum Gasteiger partial charge on any atom is 0.149 e. The van der Waals surface area contributed by atoms with Crippen LogP contribution in [0.3, 0.4) is 0 Å². The van der Waals surface area contributed by atoms with Crippen molar-refractivity contribution in [3.8, 4) is 0 Å². The molecule has 0 aliphatic heterocycles. The molecule has 86 valence electrons.